The van der Waals surface area contributed by atoms with E-state index in [9.17, 15) is 9.90 Å². The van der Waals surface area contributed by atoms with Crippen molar-refractivity contribution in [2.45, 2.75) is 19.1 Å². The highest BCUT2D eigenvalue weighted by Gasteiger charge is 2.29. The first-order valence-electron chi connectivity index (χ1n) is 11.6. The van der Waals surface area contributed by atoms with E-state index in [1.807, 2.05) is 66.7 Å². The molecule has 0 aromatic heterocycles. The van der Waals surface area contributed by atoms with Crippen molar-refractivity contribution in [1.82, 2.24) is 5.32 Å². The van der Waals surface area contributed by atoms with Gasteiger partial charge < -0.3 is 19.9 Å². The highest BCUT2D eigenvalue weighted by Crippen LogP contribution is 2.44. The molecular weight excluding hydrogens is 438 g/mol. The van der Waals surface area contributed by atoms with E-state index in [-0.39, 0.29) is 25.7 Å². The zero-order valence-corrected chi connectivity index (χ0v) is 19.5. The minimum atomic E-state index is -0.468. The molecule has 0 heterocycles. The number of fused-ring (bicyclic) bond motifs is 3. The van der Waals surface area contributed by atoms with Gasteiger partial charge in [-0.3, -0.25) is 0 Å². The fourth-order valence-corrected chi connectivity index (χ4v) is 4.78. The van der Waals surface area contributed by atoms with E-state index in [1.165, 1.54) is 22.3 Å². The number of ether oxygens (including phenoxy) is 2. The van der Waals surface area contributed by atoms with E-state index in [4.69, 9.17) is 9.47 Å². The number of rotatable bonds is 7. The van der Waals surface area contributed by atoms with Crippen LogP contribution in [0.3, 0.4) is 0 Å². The molecule has 0 radical (unpaired) electrons. The number of methoxy groups -OCH3 is 1. The average molecular weight is 466 g/mol. The van der Waals surface area contributed by atoms with Crippen molar-refractivity contribution in [3.63, 3.8) is 0 Å². The summed E-state index contributed by atoms with van der Waals surface area (Å²) in [6.07, 6.45) is -0.468. The highest BCUT2D eigenvalue weighted by atomic mass is 16.5. The Labute approximate surface area is 205 Å². The number of nitrogens with one attached hydrogen (secondary N) is 1. The van der Waals surface area contributed by atoms with Gasteiger partial charge in [0, 0.05) is 12.5 Å². The van der Waals surface area contributed by atoms with Crippen molar-refractivity contribution < 1.29 is 19.4 Å². The maximum absolute atomic E-state index is 12.7. The minimum absolute atomic E-state index is 0.0155. The molecule has 4 aromatic rings. The van der Waals surface area contributed by atoms with Gasteiger partial charge >= 0.3 is 6.09 Å². The molecular formula is C30H27NO4. The second kappa shape index (κ2) is 10.0. The lowest BCUT2D eigenvalue weighted by atomic mass is 9.97. The van der Waals surface area contributed by atoms with Crippen molar-refractivity contribution in [3.8, 4) is 28.0 Å². The third-order valence-corrected chi connectivity index (χ3v) is 6.50. The lowest BCUT2D eigenvalue weighted by Gasteiger charge is -2.16. The number of hydrogen-bond acceptors (Lipinski definition) is 4. The largest absolute Gasteiger partial charge is 0.497 e. The van der Waals surface area contributed by atoms with Crippen LogP contribution in [-0.4, -0.2) is 24.9 Å². The SMILES string of the molecule is COc1ccc(-c2cccc(CO)c2)c(CNC(=O)OCC2c3ccccc3-c3ccccc32)c1. The molecule has 1 aliphatic carbocycles. The third kappa shape index (κ3) is 4.63. The van der Waals surface area contributed by atoms with E-state index in [2.05, 4.69) is 29.6 Å². The maximum Gasteiger partial charge on any atom is 0.407 e. The van der Waals surface area contributed by atoms with Gasteiger partial charge in [0.1, 0.15) is 12.4 Å². The van der Waals surface area contributed by atoms with Crippen molar-refractivity contribution in [1.29, 1.82) is 0 Å². The highest BCUT2D eigenvalue weighted by molar-refractivity contribution is 5.79. The average Bonchev–Trinajstić information content (AvgIpc) is 3.24. The lowest BCUT2D eigenvalue weighted by molar-refractivity contribution is 0.142. The predicted octanol–water partition coefficient (Wildman–Crippen LogP) is 5.89. The first-order chi connectivity index (χ1) is 17.2. The van der Waals surface area contributed by atoms with Gasteiger partial charge in [-0.2, -0.15) is 0 Å². The van der Waals surface area contributed by atoms with Crippen molar-refractivity contribution >= 4 is 6.09 Å². The number of alkyl carbamates (subject to hydrolysis) is 1. The molecule has 0 saturated heterocycles. The number of amides is 1. The Balaban J connectivity index is 1.30. The molecule has 0 saturated carbocycles. The summed E-state index contributed by atoms with van der Waals surface area (Å²) in [6, 6.07) is 30.0. The third-order valence-electron chi connectivity index (χ3n) is 6.50. The summed E-state index contributed by atoms with van der Waals surface area (Å²) >= 11 is 0. The van der Waals surface area contributed by atoms with E-state index < -0.39 is 6.09 Å². The fraction of sp³-hybridized carbons (Fsp3) is 0.167. The number of aliphatic hydroxyl groups excluding tert-OH is 1. The van der Waals surface area contributed by atoms with E-state index in [1.54, 1.807) is 7.11 Å². The molecule has 1 aliphatic rings. The molecule has 176 valence electrons. The summed E-state index contributed by atoms with van der Waals surface area (Å²) in [5.74, 6) is 0.721. The van der Waals surface area contributed by atoms with Gasteiger partial charge in [0.25, 0.3) is 0 Å². The van der Waals surface area contributed by atoms with Crippen molar-refractivity contribution in [2.24, 2.45) is 0 Å². The molecule has 2 N–H and O–H groups in total. The molecule has 0 unspecified atom stereocenters. The summed E-state index contributed by atoms with van der Waals surface area (Å²) in [4.78, 5) is 12.7. The van der Waals surface area contributed by atoms with E-state index >= 15 is 0 Å². The molecule has 0 spiro atoms. The van der Waals surface area contributed by atoms with Crippen molar-refractivity contribution in [2.75, 3.05) is 13.7 Å². The van der Waals surface area contributed by atoms with Crippen LogP contribution in [0.1, 0.15) is 28.2 Å². The normalized spacial score (nSPS) is 12.1. The number of carbonyl (C=O) groups excluding carboxylic acids is 1. The molecule has 35 heavy (non-hydrogen) atoms. The van der Waals surface area contributed by atoms with Crippen LogP contribution in [0.15, 0.2) is 91.0 Å². The Morgan fingerprint density at radius 3 is 2.26 bits per heavy atom. The topological polar surface area (TPSA) is 67.8 Å². The summed E-state index contributed by atoms with van der Waals surface area (Å²) in [6.45, 7) is 0.521. The van der Waals surface area contributed by atoms with E-state index in [0.717, 1.165) is 22.3 Å². The molecule has 5 heteroatoms. The smallest absolute Gasteiger partial charge is 0.407 e. The van der Waals surface area contributed by atoms with Crippen LogP contribution >= 0.6 is 0 Å². The summed E-state index contributed by atoms with van der Waals surface area (Å²) in [5, 5.41) is 12.4. The summed E-state index contributed by atoms with van der Waals surface area (Å²) in [7, 11) is 1.62. The van der Waals surface area contributed by atoms with Gasteiger partial charge in [-0.15, -0.1) is 0 Å². The number of carbonyl (C=O) groups is 1. The van der Waals surface area contributed by atoms with Crippen LogP contribution in [0.5, 0.6) is 5.75 Å². The van der Waals surface area contributed by atoms with Crippen LogP contribution < -0.4 is 10.1 Å². The first kappa shape index (κ1) is 22.7. The Morgan fingerprint density at radius 2 is 1.57 bits per heavy atom. The molecule has 0 atom stereocenters. The van der Waals surface area contributed by atoms with Crippen LogP contribution in [0.4, 0.5) is 4.79 Å². The van der Waals surface area contributed by atoms with Crippen LogP contribution in [0, 0.1) is 0 Å². The first-order valence-corrected chi connectivity index (χ1v) is 11.6. The Kier molecular flexibility index (Phi) is 6.51. The Bertz CT molecular complexity index is 1320. The second-order valence-electron chi connectivity index (χ2n) is 8.56. The Morgan fingerprint density at radius 1 is 0.857 bits per heavy atom. The van der Waals surface area contributed by atoms with Crippen molar-refractivity contribution in [3.05, 3.63) is 113 Å². The standard InChI is InChI=1S/C30H27NO4/c1-34-23-13-14-24(21-8-6-7-20(15-21)18-32)22(16-23)17-31-30(33)35-19-29-27-11-4-2-9-25(27)26-10-3-5-12-28(26)29/h2-16,29,32H,17-19H2,1H3,(H,31,33). The van der Waals surface area contributed by atoms with Crippen LogP contribution in [0.25, 0.3) is 22.3 Å². The zero-order chi connectivity index (χ0) is 24.2. The van der Waals surface area contributed by atoms with E-state index in [0.29, 0.717) is 5.75 Å². The predicted molar refractivity (Wildman–Crippen MR) is 136 cm³/mol. The summed E-state index contributed by atoms with van der Waals surface area (Å²) in [5.41, 5.74) is 8.40. The fourth-order valence-electron chi connectivity index (χ4n) is 4.78. The van der Waals surface area contributed by atoms with Gasteiger partial charge in [0.15, 0.2) is 0 Å². The molecule has 0 bridgehead atoms. The lowest BCUT2D eigenvalue weighted by Crippen LogP contribution is -2.26. The Hall–Kier alpha value is -4.09. The van der Waals surface area contributed by atoms with Gasteiger partial charge in [0.05, 0.1) is 13.7 Å². The number of hydrogen-bond donors (Lipinski definition) is 2. The molecule has 0 fully saturated rings. The monoisotopic (exact) mass is 465 g/mol. The number of aliphatic hydroxyl groups is 1. The summed E-state index contributed by atoms with van der Waals surface area (Å²) < 4.78 is 11.1. The molecule has 5 nitrogen and oxygen atoms in total. The molecule has 0 aliphatic heterocycles. The molecule has 4 aromatic carbocycles. The van der Waals surface area contributed by atoms with Crippen LogP contribution in [-0.2, 0) is 17.9 Å². The van der Waals surface area contributed by atoms with Gasteiger partial charge in [-0.05, 0) is 62.7 Å². The quantitative estimate of drug-likeness (QED) is 0.357. The van der Waals surface area contributed by atoms with Crippen LogP contribution in [0.2, 0.25) is 0 Å². The van der Waals surface area contributed by atoms with Gasteiger partial charge in [-0.25, -0.2) is 4.79 Å². The van der Waals surface area contributed by atoms with Gasteiger partial charge in [-0.1, -0.05) is 72.8 Å². The maximum atomic E-state index is 12.7. The number of benzene rings is 4. The minimum Gasteiger partial charge on any atom is -0.497 e. The van der Waals surface area contributed by atoms with Gasteiger partial charge in [0.2, 0.25) is 0 Å². The second-order valence-corrected chi connectivity index (χ2v) is 8.56. The zero-order valence-electron chi connectivity index (χ0n) is 19.5. The molecule has 1 amide bonds. The molecule has 5 rings (SSSR count).